The number of hydrogen-bond donors (Lipinski definition) is 1. The first kappa shape index (κ1) is 16.5. The van der Waals surface area contributed by atoms with E-state index >= 15 is 0 Å². The molecule has 1 N–H and O–H groups in total. The molecule has 2 rings (SSSR count). The molecule has 2 aliphatic rings. The molecule has 1 aliphatic heterocycles. The number of aliphatic hydroxyl groups excluding tert-OH is 1. The number of piperidine rings is 1. The molecule has 0 spiro atoms. The Morgan fingerprint density at radius 3 is 2.67 bits per heavy atom. The van der Waals surface area contributed by atoms with Gasteiger partial charge in [-0.25, -0.2) is 0 Å². The van der Waals surface area contributed by atoms with E-state index < -0.39 is 0 Å². The largest absolute Gasteiger partial charge is 0.393 e. The van der Waals surface area contributed by atoms with Crippen LogP contribution in [0.15, 0.2) is 11.6 Å². The highest BCUT2D eigenvalue weighted by molar-refractivity contribution is 5.78. The smallest absolute Gasteiger partial charge is 0.236 e. The van der Waals surface area contributed by atoms with E-state index in [0.717, 1.165) is 19.4 Å². The molecule has 4 heteroatoms. The third kappa shape index (κ3) is 4.55. The molecule has 21 heavy (non-hydrogen) atoms. The predicted molar refractivity (Wildman–Crippen MR) is 85.0 cm³/mol. The van der Waals surface area contributed by atoms with E-state index in [1.54, 1.807) is 0 Å². The summed E-state index contributed by atoms with van der Waals surface area (Å²) < 4.78 is 0. The Bertz CT molecular complexity index is 386. The minimum absolute atomic E-state index is 0.203. The molecule has 1 aliphatic carbocycles. The number of allylic oxidation sites excluding steroid dienone is 1. The summed E-state index contributed by atoms with van der Waals surface area (Å²) in [5.41, 5.74) is 1.48. The quantitative estimate of drug-likeness (QED) is 0.805. The molecule has 1 amide bonds. The zero-order chi connectivity index (χ0) is 15.4. The van der Waals surface area contributed by atoms with Crippen molar-refractivity contribution in [2.24, 2.45) is 11.8 Å². The summed E-state index contributed by atoms with van der Waals surface area (Å²) in [7, 11) is 2.05. The van der Waals surface area contributed by atoms with Gasteiger partial charge in [0.25, 0.3) is 0 Å². The Labute approximate surface area is 128 Å². The van der Waals surface area contributed by atoms with Gasteiger partial charge in [0.05, 0.1) is 12.6 Å². The van der Waals surface area contributed by atoms with Crippen LogP contribution in [0.3, 0.4) is 0 Å². The average molecular weight is 294 g/mol. The lowest BCUT2D eigenvalue weighted by molar-refractivity contribution is -0.134. The van der Waals surface area contributed by atoms with Crippen molar-refractivity contribution in [1.29, 1.82) is 0 Å². The molecule has 0 unspecified atom stereocenters. The van der Waals surface area contributed by atoms with Crippen LogP contribution in [0, 0.1) is 11.8 Å². The zero-order valence-corrected chi connectivity index (χ0v) is 13.7. The number of likely N-dealkylation sites (tertiary alicyclic amines) is 1. The van der Waals surface area contributed by atoms with Crippen LogP contribution in [0.2, 0.25) is 0 Å². The lowest BCUT2D eigenvalue weighted by atomic mass is 9.80. The second-order valence-electron chi connectivity index (χ2n) is 6.92. The number of carbonyl (C=O) groups excluding carboxylic acids is 1. The van der Waals surface area contributed by atoms with Crippen LogP contribution in [0.4, 0.5) is 0 Å². The van der Waals surface area contributed by atoms with Crippen LogP contribution in [0.5, 0.6) is 0 Å². The summed E-state index contributed by atoms with van der Waals surface area (Å²) in [6.45, 7) is 7.41. The molecule has 1 fully saturated rings. The Balaban J connectivity index is 1.81. The SMILES string of the molecule is CC1=CCC[C@@H](C)[C@H]1CN(C)CC(=O)N1CCC(O)CC1. The molecule has 0 aromatic carbocycles. The number of aliphatic hydroxyl groups is 1. The van der Waals surface area contributed by atoms with Crippen LogP contribution in [0.25, 0.3) is 0 Å². The molecule has 0 saturated carbocycles. The van der Waals surface area contributed by atoms with Crippen molar-refractivity contribution in [3.8, 4) is 0 Å². The van der Waals surface area contributed by atoms with Gasteiger partial charge in [0.1, 0.15) is 0 Å². The van der Waals surface area contributed by atoms with Crippen molar-refractivity contribution in [2.75, 3.05) is 33.2 Å². The third-order valence-electron chi connectivity index (χ3n) is 5.09. The Kier molecular flexibility index (Phi) is 5.82. The zero-order valence-electron chi connectivity index (χ0n) is 13.7. The maximum absolute atomic E-state index is 12.3. The van der Waals surface area contributed by atoms with E-state index in [4.69, 9.17) is 0 Å². The molecule has 0 bridgehead atoms. The normalized spacial score (nSPS) is 27.9. The lowest BCUT2D eigenvalue weighted by Gasteiger charge is -2.34. The minimum atomic E-state index is -0.220. The lowest BCUT2D eigenvalue weighted by Crippen LogP contribution is -2.45. The van der Waals surface area contributed by atoms with E-state index in [2.05, 4.69) is 24.8 Å². The second-order valence-corrected chi connectivity index (χ2v) is 6.92. The Morgan fingerprint density at radius 1 is 1.38 bits per heavy atom. The standard InChI is InChI=1S/C17H30N2O2/c1-13-5-4-6-14(2)16(13)11-18(3)12-17(21)19-9-7-15(20)8-10-19/h5,14-16,20H,4,6-12H2,1-3H3/t14-,16+/m1/s1. The summed E-state index contributed by atoms with van der Waals surface area (Å²) in [4.78, 5) is 16.4. The van der Waals surface area contributed by atoms with Crippen molar-refractivity contribution in [1.82, 2.24) is 9.80 Å². The molecule has 0 aromatic rings. The Hall–Kier alpha value is -0.870. The van der Waals surface area contributed by atoms with Crippen molar-refractivity contribution in [3.05, 3.63) is 11.6 Å². The minimum Gasteiger partial charge on any atom is -0.393 e. The van der Waals surface area contributed by atoms with Gasteiger partial charge in [-0.15, -0.1) is 0 Å². The van der Waals surface area contributed by atoms with E-state index in [9.17, 15) is 9.90 Å². The van der Waals surface area contributed by atoms with Gasteiger partial charge in [0.2, 0.25) is 5.91 Å². The fraction of sp³-hybridized carbons (Fsp3) is 0.824. The van der Waals surface area contributed by atoms with Gasteiger partial charge < -0.3 is 10.0 Å². The monoisotopic (exact) mass is 294 g/mol. The number of amides is 1. The summed E-state index contributed by atoms with van der Waals surface area (Å²) in [6, 6.07) is 0. The number of likely N-dealkylation sites (N-methyl/N-ethyl adjacent to an activating group) is 1. The fourth-order valence-electron chi connectivity index (χ4n) is 3.55. The fourth-order valence-corrected chi connectivity index (χ4v) is 3.55. The summed E-state index contributed by atoms with van der Waals surface area (Å²) in [5, 5.41) is 9.51. The number of rotatable bonds is 4. The molecule has 4 nitrogen and oxygen atoms in total. The first-order valence-corrected chi connectivity index (χ1v) is 8.28. The topological polar surface area (TPSA) is 43.8 Å². The maximum atomic E-state index is 12.3. The van der Waals surface area contributed by atoms with Crippen molar-refractivity contribution >= 4 is 5.91 Å². The van der Waals surface area contributed by atoms with Gasteiger partial charge in [-0.05, 0) is 51.5 Å². The summed E-state index contributed by atoms with van der Waals surface area (Å²) in [6.07, 6.45) is 6.03. The van der Waals surface area contributed by atoms with E-state index in [1.807, 2.05) is 11.9 Å². The molecular weight excluding hydrogens is 264 g/mol. The van der Waals surface area contributed by atoms with Crippen molar-refractivity contribution in [3.63, 3.8) is 0 Å². The van der Waals surface area contributed by atoms with Gasteiger partial charge >= 0.3 is 0 Å². The number of carbonyl (C=O) groups is 1. The van der Waals surface area contributed by atoms with Gasteiger partial charge in [0.15, 0.2) is 0 Å². The predicted octanol–water partition coefficient (Wildman–Crippen LogP) is 1.89. The van der Waals surface area contributed by atoms with E-state index in [0.29, 0.717) is 31.5 Å². The van der Waals surface area contributed by atoms with Crippen molar-refractivity contribution < 1.29 is 9.90 Å². The first-order valence-electron chi connectivity index (χ1n) is 8.28. The highest BCUT2D eigenvalue weighted by Crippen LogP contribution is 2.30. The third-order valence-corrected chi connectivity index (χ3v) is 5.09. The molecule has 0 aromatic heterocycles. The Morgan fingerprint density at radius 2 is 2.05 bits per heavy atom. The molecular formula is C17H30N2O2. The maximum Gasteiger partial charge on any atom is 0.236 e. The summed E-state index contributed by atoms with van der Waals surface area (Å²) >= 11 is 0. The molecule has 2 atom stereocenters. The number of hydrogen-bond acceptors (Lipinski definition) is 3. The van der Waals surface area contributed by atoms with Gasteiger partial charge in [-0.3, -0.25) is 9.69 Å². The van der Waals surface area contributed by atoms with Gasteiger partial charge in [-0.2, -0.15) is 0 Å². The second kappa shape index (κ2) is 7.41. The first-order chi connectivity index (χ1) is 9.97. The van der Waals surface area contributed by atoms with Crippen LogP contribution < -0.4 is 0 Å². The number of nitrogens with zero attached hydrogens (tertiary/aromatic N) is 2. The van der Waals surface area contributed by atoms with Crippen LogP contribution in [0.1, 0.15) is 39.5 Å². The van der Waals surface area contributed by atoms with Crippen LogP contribution in [-0.2, 0) is 4.79 Å². The van der Waals surface area contributed by atoms with Crippen LogP contribution in [-0.4, -0.2) is 60.1 Å². The molecule has 120 valence electrons. The van der Waals surface area contributed by atoms with Gasteiger partial charge in [0, 0.05) is 19.6 Å². The molecule has 1 heterocycles. The summed E-state index contributed by atoms with van der Waals surface area (Å²) in [5.74, 6) is 1.49. The van der Waals surface area contributed by atoms with Crippen molar-refractivity contribution in [2.45, 2.75) is 45.6 Å². The van der Waals surface area contributed by atoms with Crippen LogP contribution >= 0.6 is 0 Å². The highest BCUT2D eigenvalue weighted by atomic mass is 16.3. The highest BCUT2D eigenvalue weighted by Gasteiger charge is 2.26. The van der Waals surface area contributed by atoms with E-state index in [1.165, 1.54) is 18.4 Å². The molecule has 1 saturated heterocycles. The van der Waals surface area contributed by atoms with E-state index in [-0.39, 0.29) is 12.0 Å². The average Bonchev–Trinajstić information content (AvgIpc) is 2.43. The van der Waals surface area contributed by atoms with Gasteiger partial charge in [-0.1, -0.05) is 18.6 Å². The molecule has 0 radical (unpaired) electrons.